The van der Waals surface area contributed by atoms with E-state index in [-0.39, 0.29) is 5.97 Å². The Kier molecular flexibility index (Phi) is 3.48. The molecule has 1 fully saturated rings. The zero-order valence-corrected chi connectivity index (χ0v) is 10.1. The fourth-order valence-corrected chi connectivity index (χ4v) is 3.11. The Labute approximate surface area is 96.6 Å². The summed E-state index contributed by atoms with van der Waals surface area (Å²) in [5, 5.41) is 2.68. The van der Waals surface area contributed by atoms with Crippen molar-refractivity contribution in [3.8, 4) is 0 Å². The van der Waals surface area contributed by atoms with Gasteiger partial charge in [-0.25, -0.2) is 9.78 Å². The lowest BCUT2D eigenvalue weighted by molar-refractivity contribution is 0.0595. The average Bonchev–Trinajstić information content (AvgIpc) is 2.78. The Morgan fingerprint density at radius 3 is 2.93 bits per heavy atom. The van der Waals surface area contributed by atoms with Crippen LogP contribution in [-0.2, 0) is 4.74 Å². The van der Waals surface area contributed by atoms with Gasteiger partial charge in [-0.2, -0.15) is 11.8 Å². The van der Waals surface area contributed by atoms with Gasteiger partial charge in [0, 0.05) is 30.0 Å². The van der Waals surface area contributed by atoms with E-state index in [2.05, 4.69) is 14.6 Å². The molecule has 0 unspecified atom stereocenters. The first-order valence-corrected chi connectivity index (χ1v) is 6.71. The van der Waals surface area contributed by atoms with Gasteiger partial charge in [-0.15, -0.1) is 11.3 Å². The third-order valence-electron chi connectivity index (χ3n) is 2.17. The third kappa shape index (κ3) is 2.43. The van der Waals surface area contributed by atoms with Crippen molar-refractivity contribution in [2.45, 2.75) is 0 Å². The summed E-state index contributed by atoms with van der Waals surface area (Å²) in [4.78, 5) is 17.7. The number of nitrogens with zero attached hydrogens (tertiary/aromatic N) is 2. The number of ether oxygens (including phenoxy) is 1. The molecule has 0 spiro atoms. The van der Waals surface area contributed by atoms with Gasteiger partial charge in [-0.3, -0.25) is 0 Å². The average molecular weight is 244 g/mol. The SMILES string of the molecule is COC(=O)c1csc(N2CCSCC2)n1. The number of thioether (sulfide) groups is 1. The molecule has 0 amide bonds. The van der Waals surface area contributed by atoms with E-state index in [1.54, 1.807) is 5.38 Å². The maximum atomic E-state index is 11.2. The van der Waals surface area contributed by atoms with E-state index in [0.717, 1.165) is 29.7 Å². The number of aromatic nitrogens is 1. The Balaban J connectivity index is 2.08. The van der Waals surface area contributed by atoms with Crippen molar-refractivity contribution in [3.05, 3.63) is 11.1 Å². The molecule has 4 nitrogen and oxygen atoms in total. The van der Waals surface area contributed by atoms with E-state index in [0.29, 0.717) is 5.69 Å². The van der Waals surface area contributed by atoms with Crippen molar-refractivity contribution >= 4 is 34.2 Å². The molecular formula is C9H12N2O2S2. The molecule has 15 heavy (non-hydrogen) atoms. The highest BCUT2D eigenvalue weighted by Gasteiger charge is 2.17. The Morgan fingerprint density at radius 2 is 2.27 bits per heavy atom. The predicted molar refractivity (Wildman–Crippen MR) is 63.0 cm³/mol. The van der Waals surface area contributed by atoms with Crippen LogP contribution in [0.1, 0.15) is 10.5 Å². The monoisotopic (exact) mass is 244 g/mol. The molecule has 0 saturated carbocycles. The van der Waals surface area contributed by atoms with Gasteiger partial charge in [0.2, 0.25) is 0 Å². The zero-order chi connectivity index (χ0) is 10.7. The van der Waals surface area contributed by atoms with Crippen molar-refractivity contribution in [2.75, 3.05) is 36.6 Å². The maximum absolute atomic E-state index is 11.2. The lowest BCUT2D eigenvalue weighted by Crippen LogP contribution is -2.32. The molecule has 1 aliphatic heterocycles. The van der Waals surface area contributed by atoms with E-state index in [1.807, 2.05) is 11.8 Å². The van der Waals surface area contributed by atoms with Crippen LogP contribution in [0.4, 0.5) is 5.13 Å². The zero-order valence-electron chi connectivity index (χ0n) is 8.43. The van der Waals surface area contributed by atoms with Gasteiger partial charge < -0.3 is 9.64 Å². The summed E-state index contributed by atoms with van der Waals surface area (Å²) in [7, 11) is 1.37. The normalized spacial score (nSPS) is 16.5. The van der Waals surface area contributed by atoms with Crippen LogP contribution in [0.15, 0.2) is 5.38 Å². The molecule has 0 aliphatic carbocycles. The predicted octanol–water partition coefficient (Wildman–Crippen LogP) is 1.48. The lowest BCUT2D eigenvalue weighted by atomic mass is 10.5. The molecule has 0 atom stereocenters. The fourth-order valence-electron chi connectivity index (χ4n) is 1.36. The number of esters is 1. The van der Waals surface area contributed by atoms with Gasteiger partial charge in [-0.1, -0.05) is 0 Å². The number of anilines is 1. The Morgan fingerprint density at radius 1 is 1.53 bits per heavy atom. The topological polar surface area (TPSA) is 42.4 Å². The number of thiazole rings is 1. The van der Waals surface area contributed by atoms with Gasteiger partial charge in [0.1, 0.15) is 0 Å². The van der Waals surface area contributed by atoms with Crippen LogP contribution in [0.25, 0.3) is 0 Å². The van der Waals surface area contributed by atoms with E-state index in [1.165, 1.54) is 18.4 Å². The number of hydrogen-bond acceptors (Lipinski definition) is 6. The largest absolute Gasteiger partial charge is 0.464 e. The van der Waals surface area contributed by atoms with Gasteiger partial charge in [0.05, 0.1) is 7.11 Å². The van der Waals surface area contributed by atoms with E-state index in [9.17, 15) is 4.79 Å². The number of carbonyl (C=O) groups excluding carboxylic acids is 1. The third-order valence-corrected chi connectivity index (χ3v) is 4.01. The first-order valence-electron chi connectivity index (χ1n) is 4.68. The smallest absolute Gasteiger partial charge is 0.357 e. The van der Waals surface area contributed by atoms with Gasteiger partial charge in [0.25, 0.3) is 0 Å². The molecule has 1 saturated heterocycles. The Hall–Kier alpha value is -0.750. The number of hydrogen-bond donors (Lipinski definition) is 0. The first kappa shape index (κ1) is 10.8. The van der Waals surface area contributed by atoms with E-state index < -0.39 is 0 Å². The summed E-state index contributed by atoms with van der Waals surface area (Å²) in [5.41, 5.74) is 0.413. The lowest BCUT2D eigenvalue weighted by Gasteiger charge is -2.25. The summed E-state index contributed by atoms with van der Waals surface area (Å²) in [6.07, 6.45) is 0. The summed E-state index contributed by atoms with van der Waals surface area (Å²) in [6.45, 7) is 2.03. The van der Waals surface area contributed by atoms with Crippen LogP contribution in [0.5, 0.6) is 0 Å². The highest BCUT2D eigenvalue weighted by Crippen LogP contribution is 2.23. The van der Waals surface area contributed by atoms with Gasteiger partial charge in [0.15, 0.2) is 10.8 Å². The molecule has 0 N–H and O–H groups in total. The summed E-state index contributed by atoms with van der Waals surface area (Å²) >= 11 is 3.46. The maximum Gasteiger partial charge on any atom is 0.357 e. The minimum absolute atomic E-state index is 0.358. The van der Waals surface area contributed by atoms with Crippen molar-refractivity contribution in [1.82, 2.24) is 4.98 Å². The second-order valence-electron chi connectivity index (χ2n) is 3.11. The molecule has 82 valence electrons. The molecule has 1 aliphatic rings. The summed E-state index contributed by atoms with van der Waals surface area (Å²) in [6, 6.07) is 0. The molecule has 6 heteroatoms. The van der Waals surface area contributed by atoms with E-state index in [4.69, 9.17) is 0 Å². The standard InChI is InChI=1S/C9H12N2O2S2/c1-13-8(12)7-6-15-9(10-7)11-2-4-14-5-3-11/h6H,2-5H2,1H3. The molecule has 2 heterocycles. The molecule has 0 aromatic carbocycles. The fraction of sp³-hybridized carbons (Fsp3) is 0.556. The second-order valence-corrected chi connectivity index (χ2v) is 5.17. The molecule has 0 radical (unpaired) electrons. The quantitative estimate of drug-likeness (QED) is 0.737. The van der Waals surface area contributed by atoms with Crippen molar-refractivity contribution in [1.29, 1.82) is 0 Å². The van der Waals surface area contributed by atoms with Crippen LogP contribution in [-0.4, -0.2) is 42.7 Å². The van der Waals surface area contributed by atoms with Crippen LogP contribution in [0.3, 0.4) is 0 Å². The first-order chi connectivity index (χ1) is 7.31. The number of methoxy groups -OCH3 is 1. The summed E-state index contributed by atoms with van der Waals surface area (Å²) in [5.74, 6) is 1.91. The highest BCUT2D eigenvalue weighted by atomic mass is 32.2. The second kappa shape index (κ2) is 4.85. The minimum Gasteiger partial charge on any atom is -0.464 e. The van der Waals surface area contributed by atoms with Crippen LogP contribution in [0.2, 0.25) is 0 Å². The molecule has 1 aromatic rings. The minimum atomic E-state index is -0.358. The molecule has 1 aromatic heterocycles. The van der Waals surface area contributed by atoms with Gasteiger partial charge in [-0.05, 0) is 0 Å². The van der Waals surface area contributed by atoms with Crippen molar-refractivity contribution in [2.24, 2.45) is 0 Å². The summed E-state index contributed by atoms with van der Waals surface area (Å²) < 4.78 is 4.62. The molecular weight excluding hydrogens is 232 g/mol. The van der Waals surface area contributed by atoms with Crippen LogP contribution < -0.4 is 4.90 Å². The van der Waals surface area contributed by atoms with Crippen molar-refractivity contribution in [3.63, 3.8) is 0 Å². The number of rotatable bonds is 2. The molecule has 2 rings (SSSR count). The van der Waals surface area contributed by atoms with Crippen molar-refractivity contribution < 1.29 is 9.53 Å². The van der Waals surface area contributed by atoms with Gasteiger partial charge >= 0.3 is 5.97 Å². The van der Waals surface area contributed by atoms with Crippen LogP contribution >= 0.6 is 23.1 Å². The Bertz CT molecular complexity index is 348. The van der Waals surface area contributed by atoms with Crippen LogP contribution in [0, 0.1) is 0 Å². The molecule has 0 bridgehead atoms. The highest BCUT2D eigenvalue weighted by molar-refractivity contribution is 7.99. The van der Waals surface area contributed by atoms with E-state index >= 15 is 0 Å². The number of carbonyl (C=O) groups is 1.